The molecule has 0 bridgehead atoms. The fourth-order valence-electron chi connectivity index (χ4n) is 2.66. The van der Waals surface area contributed by atoms with Crippen molar-refractivity contribution in [2.24, 2.45) is 0 Å². The molecule has 0 unspecified atom stereocenters. The first kappa shape index (κ1) is 16.8. The smallest absolute Gasteiger partial charge is 0.245 e. The summed E-state index contributed by atoms with van der Waals surface area (Å²) in [5, 5.41) is 0. The lowest BCUT2D eigenvalue weighted by Crippen LogP contribution is -2.27. The minimum absolute atomic E-state index is 0.111. The summed E-state index contributed by atoms with van der Waals surface area (Å²) in [6.07, 6.45) is 1.68. The van der Waals surface area contributed by atoms with Crippen LogP contribution < -0.4 is 0 Å². The second-order valence-electron chi connectivity index (χ2n) is 7.69. The molecular formula is C18H25NO2S. The third kappa shape index (κ3) is 2.98. The fraction of sp³-hybridized carbons (Fsp3) is 0.444. The van der Waals surface area contributed by atoms with Gasteiger partial charge in [-0.2, -0.15) is 0 Å². The number of benzene rings is 1. The summed E-state index contributed by atoms with van der Waals surface area (Å²) in [5.41, 5.74) is 1.54. The summed E-state index contributed by atoms with van der Waals surface area (Å²) < 4.78 is 27.5. The first-order chi connectivity index (χ1) is 9.95. The number of hydrogen-bond donors (Lipinski definition) is 0. The van der Waals surface area contributed by atoms with Crippen LogP contribution in [0.1, 0.15) is 52.8 Å². The van der Waals surface area contributed by atoms with Crippen LogP contribution in [-0.4, -0.2) is 12.4 Å². The molecule has 2 aromatic rings. The number of nitrogens with zero attached hydrogens (tertiary/aromatic N) is 1. The van der Waals surface area contributed by atoms with E-state index in [0.717, 1.165) is 11.3 Å². The van der Waals surface area contributed by atoms with Gasteiger partial charge >= 0.3 is 0 Å². The maximum atomic E-state index is 13.0. The van der Waals surface area contributed by atoms with Gasteiger partial charge < -0.3 is 0 Å². The van der Waals surface area contributed by atoms with Crippen LogP contribution in [0, 0.1) is 0 Å². The molecule has 0 N–H and O–H groups in total. The van der Waals surface area contributed by atoms with Gasteiger partial charge in [-0.15, -0.1) is 0 Å². The van der Waals surface area contributed by atoms with Crippen LogP contribution >= 0.6 is 0 Å². The number of aromatic nitrogens is 1. The molecule has 0 radical (unpaired) electrons. The molecule has 0 aliphatic heterocycles. The molecule has 120 valence electrons. The predicted molar refractivity (Wildman–Crippen MR) is 90.9 cm³/mol. The molecule has 1 aromatic heterocycles. The predicted octanol–water partition coefficient (Wildman–Crippen LogP) is 4.32. The number of rotatable bonds is 2. The van der Waals surface area contributed by atoms with Crippen molar-refractivity contribution in [3.8, 4) is 0 Å². The summed E-state index contributed by atoms with van der Waals surface area (Å²) in [5.74, 6) is 0. The van der Waals surface area contributed by atoms with Crippen molar-refractivity contribution in [2.75, 3.05) is 0 Å². The lowest BCUT2D eigenvalue weighted by Gasteiger charge is -2.28. The minimum Gasteiger partial charge on any atom is -0.245 e. The average molecular weight is 319 g/mol. The van der Waals surface area contributed by atoms with Gasteiger partial charge in [0, 0.05) is 17.3 Å². The highest BCUT2D eigenvalue weighted by molar-refractivity contribution is 7.90. The van der Waals surface area contributed by atoms with Crippen LogP contribution in [0.3, 0.4) is 0 Å². The third-order valence-electron chi connectivity index (χ3n) is 3.67. The molecule has 3 nitrogen and oxygen atoms in total. The van der Waals surface area contributed by atoms with E-state index in [1.54, 1.807) is 30.5 Å². The van der Waals surface area contributed by atoms with Crippen molar-refractivity contribution in [1.82, 2.24) is 3.97 Å². The second-order valence-corrected chi connectivity index (χ2v) is 9.51. The first-order valence-electron chi connectivity index (χ1n) is 7.48. The van der Waals surface area contributed by atoms with Crippen molar-refractivity contribution in [1.29, 1.82) is 0 Å². The molecule has 0 fully saturated rings. The standard InChI is InChI=1S/C18H25NO2S/c1-17(2,3)15-12-13-19(16(15)18(4,5)6)22(20,21)14-10-8-7-9-11-14/h7-13H,1-6H3. The van der Waals surface area contributed by atoms with Gasteiger partial charge in [-0.05, 0) is 29.2 Å². The Morgan fingerprint density at radius 2 is 1.36 bits per heavy atom. The first-order valence-corrected chi connectivity index (χ1v) is 8.92. The zero-order valence-corrected chi connectivity index (χ0v) is 15.0. The quantitative estimate of drug-likeness (QED) is 0.827. The van der Waals surface area contributed by atoms with Gasteiger partial charge in [0.25, 0.3) is 10.0 Å². The van der Waals surface area contributed by atoms with Gasteiger partial charge in [-0.1, -0.05) is 59.7 Å². The second kappa shape index (κ2) is 5.27. The Kier molecular flexibility index (Phi) is 4.03. The SMILES string of the molecule is CC(C)(C)c1ccn(S(=O)(=O)c2ccccc2)c1C(C)(C)C. The summed E-state index contributed by atoms with van der Waals surface area (Å²) in [6, 6.07) is 10.5. The van der Waals surface area contributed by atoms with Crippen LogP contribution in [0.25, 0.3) is 0 Å². The van der Waals surface area contributed by atoms with Crippen molar-refractivity contribution < 1.29 is 8.42 Å². The summed E-state index contributed by atoms with van der Waals surface area (Å²) in [6.45, 7) is 12.5. The van der Waals surface area contributed by atoms with Crippen molar-refractivity contribution in [2.45, 2.75) is 57.3 Å². The molecule has 0 saturated heterocycles. The minimum atomic E-state index is -3.58. The van der Waals surface area contributed by atoms with Crippen LogP contribution in [0.15, 0.2) is 47.5 Å². The molecule has 2 rings (SSSR count). The van der Waals surface area contributed by atoms with E-state index in [9.17, 15) is 8.42 Å². The molecule has 0 amide bonds. The molecule has 0 spiro atoms. The molecule has 1 aromatic carbocycles. The summed E-state index contributed by atoms with van der Waals surface area (Å²) >= 11 is 0. The summed E-state index contributed by atoms with van der Waals surface area (Å²) in [7, 11) is -3.58. The average Bonchev–Trinajstić information content (AvgIpc) is 2.85. The van der Waals surface area contributed by atoms with E-state index in [-0.39, 0.29) is 10.8 Å². The van der Waals surface area contributed by atoms with Gasteiger partial charge in [-0.25, -0.2) is 12.4 Å². The Morgan fingerprint density at radius 1 is 0.818 bits per heavy atom. The molecule has 0 aliphatic carbocycles. The molecule has 0 atom stereocenters. The lowest BCUT2D eigenvalue weighted by atomic mass is 9.80. The van der Waals surface area contributed by atoms with Crippen LogP contribution in [0.4, 0.5) is 0 Å². The Balaban J connectivity index is 2.76. The molecule has 0 saturated carbocycles. The van der Waals surface area contributed by atoms with Gasteiger partial charge in [0.2, 0.25) is 0 Å². The van der Waals surface area contributed by atoms with Crippen LogP contribution in [0.5, 0.6) is 0 Å². The van der Waals surface area contributed by atoms with Crippen LogP contribution in [0.2, 0.25) is 0 Å². The fourth-order valence-corrected chi connectivity index (χ4v) is 4.22. The van der Waals surface area contributed by atoms with E-state index in [2.05, 4.69) is 41.5 Å². The van der Waals surface area contributed by atoms with Gasteiger partial charge in [-0.3, -0.25) is 0 Å². The highest BCUT2D eigenvalue weighted by Crippen LogP contribution is 2.36. The van der Waals surface area contributed by atoms with E-state index in [4.69, 9.17) is 0 Å². The highest BCUT2D eigenvalue weighted by atomic mass is 32.2. The van der Waals surface area contributed by atoms with E-state index in [1.807, 2.05) is 12.1 Å². The van der Waals surface area contributed by atoms with Crippen molar-refractivity contribution >= 4 is 10.0 Å². The van der Waals surface area contributed by atoms with E-state index in [1.165, 1.54) is 3.97 Å². The third-order valence-corrected chi connectivity index (χ3v) is 5.36. The van der Waals surface area contributed by atoms with Crippen LogP contribution in [-0.2, 0) is 20.9 Å². The molecule has 1 heterocycles. The Morgan fingerprint density at radius 3 is 1.82 bits per heavy atom. The Bertz CT molecular complexity index is 758. The van der Waals surface area contributed by atoms with E-state index < -0.39 is 10.0 Å². The maximum Gasteiger partial charge on any atom is 0.267 e. The zero-order valence-electron chi connectivity index (χ0n) is 14.2. The van der Waals surface area contributed by atoms with E-state index in [0.29, 0.717) is 4.90 Å². The monoisotopic (exact) mass is 319 g/mol. The molecule has 22 heavy (non-hydrogen) atoms. The lowest BCUT2D eigenvalue weighted by molar-refractivity contribution is 0.509. The molecule has 0 aliphatic rings. The Labute approximate surface area is 134 Å². The van der Waals surface area contributed by atoms with Crippen molar-refractivity contribution in [3.05, 3.63) is 53.9 Å². The van der Waals surface area contributed by atoms with E-state index >= 15 is 0 Å². The number of hydrogen-bond acceptors (Lipinski definition) is 2. The Hall–Kier alpha value is -1.55. The summed E-state index contributed by atoms with van der Waals surface area (Å²) in [4.78, 5) is 0.316. The van der Waals surface area contributed by atoms with Gasteiger partial charge in [0.1, 0.15) is 0 Å². The largest absolute Gasteiger partial charge is 0.267 e. The van der Waals surface area contributed by atoms with Crippen molar-refractivity contribution in [3.63, 3.8) is 0 Å². The molecular weight excluding hydrogens is 294 g/mol. The topological polar surface area (TPSA) is 39.1 Å². The maximum absolute atomic E-state index is 13.0. The van der Waals surface area contributed by atoms with Gasteiger partial charge in [0.15, 0.2) is 0 Å². The zero-order chi connectivity index (χ0) is 16.8. The van der Waals surface area contributed by atoms with Gasteiger partial charge in [0.05, 0.1) is 4.90 Å². The highest BCUT2D eigenvalue weighted by Gasteiger charge is 2.32. The normalized spacial score (nSPS) is 13.4. The molecule has 4 heteroatoms.